The van der Waals surface area contributed by atoms with Gasteiger partial charge in [-0.1, -0.05) is 39.3 Å². The third-order valence-electron chi connectivity index (χ3n) is 3.08. The van der Waals surface area contributed by atoms with Gasteiger partial charge in [-0.15, -0.1) is 0 Å². The normalized spacial score (nSPS) is 13.8. The Kier molecular flexibility index (Phi) is 6.30. The molecule has 1 rings (SSSR count). The third-order valence-corrected chi connectivity index (χ3v) is 3.37. The molecule has 0 aliphatic rings. The highest BCUT2D eigenvalue weighted by molar-refractivity contribution is 6.31. The van der Waals surface area contributed by atoms with Crippen molar-refractivity contribution in [2.75, 3.05) is 20.3 Å². The molecule has 4 nitrogen and oxygen atoms in total. The van der Waals surface area contributed by atoms with Gasteiger partial charge in [0.1, 0.15) is 0 Å². The van der Waals surface area contributed by atoms with Crippen molar-refractivity contribution in [1.82, 2.24) is 15.1 Å². The van der Waals surface area contributed by atoms with Crippen molar-refractivity contribution in [2.45, 2.75) is 46.7 Å². The zero-order valence-electron chi connectivity index (χ0n) is 12.7. The maximum atomic E-state index is 6.34. The Balaban J connectivity index is 3.03. The zero-order chi connectivity index (χ0) is 14.5. The second-order valence-electron chi connectivity index (χ2n) is 5.85. The molecule has 0 aromatic carbocycles. The van der Waals surface area contributed by atoms with Crippen LogP contribution in [0.4, 0.5) is 0 Å². The molecule has 1 N–H and O–H groups in total. The number of methoxy groups -OCH3 is 1. The van der Waals surface area contributed by atoms with Gasteiger partial charge in [-0.05, 0) is 18.4 Å². The number of rotatable bonds is 7. The topological polar surface area (TPSA) is 39.1 Å². The molecule has 19 heavy (non-hydrogen) atoms. The lowest BCUT2D eigenvalue weighted by Crippen LogP contribution is -2.35. The van der Waals surface area contributed by atoms with Crippen LogP contribution >= 0.6 is 11.6 Å². The number of nitrogens with zero attached hydrogens (tertiary/aromatic N) is 2. The largest absolute Gasteiger partial charge is 0.383 e. The number of nitrogens with one attached hydrogen (secondary N) is 1. The molecule has 0 amide bonds. The van der Waals surface area contributed by atoms with E-state index in [1.165, 1.54) is 0 Å². The van der Waals surface area contributed by atoms with Gasteiger partial charge >= 0.3 is 0 Å². The summed E-state index contributed by atoms with van der Waals surface area (Å²) in [6.45, 7) is 11.1. The van der Waals surface area contributed by atoms with Gasteiger partial charge in [-0.2, -0.15) is 5.10 Å². The van der Waals surface area contributed by atoms with E-state index in [2.05, 4.69) is 38.1 Å². The van der Waals surface area contributed by atoms with E-state index in [1.807, 2.05) is 4.68 Å². The average Bonchev–Trinajstić information content (AvgIpc) is 2.67. The van der Waals surface area contributed by atoms with E-state index in [-0.39, 0.29) is 11.5 Å². The highest BCUT2D eigenvalue weighted by Crippen LogP contribution is 2.36. The fourth-order valence-electron chi connectivity index (χ4n) is 2.12. The molecule has 0 radical (unpaired) electrons. The Hall–Kier alpha value is -0.580. The van der Waals surface area contributed by atoms with Crippen LogP contribution in [0.15, 0.2) is 6.20 Å². The lowest BCUT2D eigenvalue weighted by molar-refractivity contribution is 0.178. The summed E-state index contributed by atoms with van der Waals surface area (Å²) in [6.07, 6.45) is 2.81. The molecule has 110 valence electrons. The van der Waals surface area contributed by atoms with Crippen LogP contribution in [0.3, 0.4) is 0 Å². The summed E-state index contributed by atoms with van der Waals surface area (Å²) in [4.78, 5) is 0. The van der Waals surface area contributed by atoms with Gasteiger partial charge < -0.3 is 10.1 Å². The Morgan fingerprint density at radius 3 is 2.68 bits per heavy atom. The molecule has 0 aliphatic heterocycles. The molecule has 0 saturated heterocycles. The van der Waals surface area contributed by atoms with E-state index in [1.54, 1.807) is 13.3 Å². The van der Waals surface area contributed by atoms with Crippen LogP contribution in [0.5, 0.6) is 0 Å². The average molecular weight is 288 g/mol. The first-order valence-electron chi connectivity index (χ1n) is 6.85. The van der Waals surface area contributed by atoms with Crippen LogP contribution in [0.1, 0.15) is 45.9 Å². The second-order valence-corrected chi connectivity index (χ2v) is 6.25. The van der Waals surface area contributed by atoms with E-state index < -0.39 is 0 Å². The summed E-state index contributed by atoms with van der Waals surface area (Å²) in [6, 6.07) is 0.180. The Bertz CT molecular complexity index is 385. The van der Waals surface area contributed by atoms with Crippen molar-refractivity contribution in [3.05, 3.63) is 16.9 Å². The second kappa shape index (κ2) is 7.27. The van der Waals surface area contributed by atoms with Crippen molar-refractivity contribution in [3.8, 4) is 0 Å². The molecule has 0 spiro atoms. The minimum atomic E-state index is 0.0731. The molecule has 5 heteroatoms. The molecule has 0 aliphatic carbocycles. The number of hydrogen-bond donors (Lipinski definition) is 1. The van der Waals surface area contributed by atoms with Crippen LogP contribution in [0.25, 0.3) is 0 Å². The maximum Gasteiger partial charge on any atom is 0.0834 e. The molecular formula is C14H26ClN3O. The molecule has 1 unspecified atom stereocenters. The van der Waals surface area contributed by atoms with E-state index >= 15 is 0 Å². The predicted molar refractivity (Wildman–Crippen MR) is 79.6 cm³/mol. The molecule has 1 atom stereocenters. The molecule has 0 fully saturated rings. The first kappa shape index (κ1) is 16.5. The van der Waals surface area contributed by atoms with Crippen LogP contribution < -0.4 is 5.32 Å². The van der Waals surface area contributed by atoms with Gasteiger partial charge in [0.15, 0.2) is 0 Å². The van der Waals surface area contributed by atoms with Gasteiger partial charge in [0.25, 0.3) is 0 Å². The number of aromatic nitrogens is 2. The summed E-state index contributed by atoms with van der Waals surface area (Å²) in [5.74, 6) is 0. The third kappa shape index (κ3) is 4.48. The predicted octanol–water partition coefficient (Wildman–Crippen LogP) is 3.27. The smallest absolute Gasteiger partial charge is 0.0834 e. The molecule has 0 bridgehead atoms. The van der Waals surface area contributed by atoms with Gasteiger partial charge in [0.05, 0.1) is 36.1 Å². The molecule has 1 heterocycles. The number of hydrogen-bond acceptors (Lipinski definition) is 3. The van der Waals surface area contributed by atoms with Gasteiger partial charge in [0, 0.05) is 7.11 Å². The Morgan fingerprint density at radius 1 is 1.47 bits per heavy atom. The fourth-order valence-corrected chi connectivity index (χ4v) is 2.37. The van der Waals surface area contributed by atoms with Gasteiger partial charge in [-0.25, -0.2) is 0 Å². The molecule has 1 aromatic heterocycles. The number of halogens is 1. The minimum absolute atomic E-state index is 0.0731. The van der Waals surface area contributed by atoms with E-state index in [4.69, 9.17) is 16.3 Å². The van der Waals surface area contributed by atoms with Crippen molar-refractivity contribution in [3.63, 3.8) is 0 Å². The van der Waals surface area contributed by atoms with Crippen molar-refractivity contribution >= 4 is 11.6 Å². The first-order valence-corrected chi connectivity index (χ1v) is 7.23. The van der Waals surface area contributed by atoms with Crippen LogP contribution in [-0.2, 0) is 11.3 Å². The highest BCUT2D eigenvalue weighted by atomic mass is 35.5. The van der Waals surface area contributed by atoms with Crippen molar-refractivity contribution < 1.29 is 4.74 Å². The first-order chi connectivity index (χ1) is 8.91. The summed E-state index contributed by atoms with van der Waals surface area (Å²) in [7, 11) is 1.70. The van der Waals surface area contributed by atoms with E-state index in [9.17, 15) is 0 Å². The summed E-state index contributed by atoms with van der Waals surface area (Å²) in [5.41, 5.74) is 1.13. The Labute approximate surface area is 121 Å². The molecule has 0 saturated carbocycles. The van der Waals surface area contributed by atoms with Crippen LogP contribution in [-0.4, -0.2) is 30.0 Å². The SMILES string of the molecule is CCCNC(c1c(Cl)cnn1CCOC)C(C)(C)C. The maximum absolute atomic E-state index is 6.34. The number of ether oxygens (including phenoxy) is 1. The quantitative estimate of drug-likeness (QED) is 0.836. The molecular weight excluding hydrogens is 262 g/mol. The van der Waals surface area contributed by atoms with E-state index in [0.29, 0.717) is 6.61 Å². The van der Waals surface area contributed by atoms with Crippen LogP contribution in [0.2, 0.25) is 5.02 Å². The molecule has 1 aromatic rings. The van der Waals surface area contributed by atoms with Crippen LogP contribution in [0, 0.1) is 5.41 Å². The summed E-state index contributed by atoms with van der Waals surface area (Å²) >= 11 is 6.34. The lowest BCUT2D eigenvalue weighted by Gasteiger charge is -2.32. The fraction of sp³-hybridized carbons (Fsp3) is 0.786. The zero-order valence-corrected chi connectivity index (χ0v) is 13.4. The van der Waals surface area contributed by atoms with Gasteiger partial charge in [0.2, 0.25) is 0 Å². The summed E-state index contributed by atoms with van der Waals surface area (Å²) < 4.78 is 7.08. The standard InChI is InChI=1S/C14H26ClN3O/c1-6-7-16-13(14(2,3)4)12-11(15)10-17-18(12)8-9-19-5/h10,13,16H,6-9H2,1-5H3. The van der Waals surface area contributed by atoms with Crippen molar-refractivity contribution in [1.29, 1.82) is 0 Å². The summed E-state index contributed by atoms with van der Waals surface area (Å²) in [5, 5.41) is 8.67. The highest BCUT2D eigenvalue weighted by Gasteiger charge is 2.30. The van der Waals surface area contributed by atoms with Crippen molar-refractivity contribution in [2.24, 2.45) is 5.41 Å². The van der Waals surface area contributed by atoms with E-state index in [0.717, 1.165) is 30.2 Å². The monoisotopic (exact) mass is 287 g/mol. The Morgan fingerprint density at radius 2 is 2.16 bits per heavy atom. The lowest BCUT2D eigenvalue weighted by atomic mass is 9.84. The van der Waals surface area contributed by atoms with Gasteiger partial charge in [-0.3, -0.25) is 4.68 Å². The minimum Gasteiger partial charge on any atom is -0.383 e.